The standard InChI is InChI=1S/C15H15Br2FN2/c16-12-4-1-10(2-5-12)7-14(20-19)8-11-3-6-13(18)9-15(11)17/h1-6,9,14,20H,7-8,19H2. The van der Waals surface area contributed by atoms with E-state index in [1.165, 1.54) is 17.7 Å². The molecule has 0 aliphatic rings. The summed E-state index contributed by atoms with van der Waals surface area (Å²) >= 11 is 6.80. The van der Waals surface area contributed by atoms with Gasteiger partial charge in [-0.15, -0.1) is 0 Å². The van der Waals surface area contributed by atoms with Crippen molar-refractivity contribution in [1.29, 1.82) is 0 Å². The Kier molecular flexibility index (Phi) is 5.72. The summed E-state index contributed by atoms with van der Waals surface area (Å²) in [6, 6.07) is 13.0. The third-order valence-electron chi connectivity index (χ3n) is 3.11. The lowest BCUT2D eigenvalue weighted by Crippen LogP contribution is -2.38. The molecular formula is C15H15Br2FN2. The second kappa shape index (κ2) is 7.31. The summed E-state index contributed by atoms with van der Waals surface area (Å²) in [6.45, 7) is 0. The number of nitrogens with two attached hydrogens (primary N) is 1. The van der Waals surface area contributed by atoms with Gasteiger partial charge in [0.2, 0.25) is 0 Å². The summed E-state index contributed by atoms with van der Waals surface area (Å²) in [4.78, 5) is 0. The lowest BCUT2D eigenvalue weighted by Gasteiger charge is -2.17. The lowest BCUT2D eigenvalue weighted by molar-refractivity contribution is 0.521. The van der Waals surface area contributed by atoms with Crippen molar-refractivity contribution in [2.24, 2.45) is 5.84 Å². The largest absolute Gasteiger partial charge is 0.271 e. The SMILES string of the molecule is NNC(Cc1ccc(Br)cc1)Cc1ccc(F)cc1Br. The molecule has 2 aromatic rings. The van der Waals surface area contributed by atoms with E-state index in [0.29, 0.717) is 0 Å². The van der Waals surface area contributed by atoms with E-state index in [0.717, 1.165) is 27.4 Å². The van der Waals surface area contributed by atoms with Gasteiger partial charge in [-0.1, -0.05) is 50.1 Å². The summed E-state index contributed by atoms with van der Waals surface area (Å²) in [7, 11) is 0. The number of nitrogens with one attached hydrogen (secondary N) is 1. The smallest absolute Gasteiger partial charge is 0.124 e. The Morgan fingerprint density at radius 1 is 1.05 bits per heavy atom. The molecule has 2 rings (SSSR count). The normalized spacial score (nSPS) is 12.4. The molecule has 0 amide bonds. The Morgan fingerprint density at radius 2 is 1.75 bits per heavy atom. The second-order valence-electron chi connectivity index (χ2n) is 4.63. The molecule has 2 aromatic carbocycles. The van der Waals surface area contributed by atoms with Crippen LogP contribution in [0.15, 0.2) is 51.4 Å². The Hall–Kier alpha value is -0.750. The minimum Gasteiger partial charge on any atom is -0.271 e. The van der Waals surface area contributed by atoms with Crippen LogP contribution in [0.5, 0.6) is 0 Å². The average Bonchev–Trinajstić information content (AvgIpc) is 2.43. The van der Waals surface area contributed by atoms with Crippen LogP contribution in [0, 0.1) is 5.82 Å². The van der Waals surface area contributed by atoms with Gasteiger partial charge in [-0.2, -0.15) is 0 Å². The minimum atomic E-state index is -0.245. The van der Waals surface area contributed by atoms with E-state index in [9.17, 15) is 4.39 Å². The topological polar surface area (TPSA) is 38.0 Å². The molecule has 106 valence electrons. The van der Waals surface area contributed by atoms with Gasteiger partial charge in [-0.3, -0.25) is 11.3 Å². The monoisotopic (exact) mass is 400 g/mol. The van der Waals surface area contributed by atoms with Crippen molar-refractivity contribution in [2.75, 3.05) is 0 Å². The number of hydrogen-bond donors (Lipinski definition) is 2. The maximum Gasteiger partial charge on any atom is 0.124 e. The number of hydrogen-bond acceptors (Lipinski definition) is 2. The highest BCUT2D eigenvalue weighted by Crippen LogP contribution is 2.20. The van der Waals surface area contributed by atoms with Crippen LogP contribution in [0.2, 0.25) is 0 Å². The highest BCUT2D eigenvalue weighted by molar-refractivity contribution is 9.10. The van der Waals surface area contributed by atoms with E-state index in [-0.39, 0.29) is 11.9 Å². The van der Waals surface area contributed by atoms with Crippen molar-refractivity contribution in [3.63, 3.8) is 0 Å². The van der Waals surface area contributed by atoms with Crippen molar-refractivity contribution in [3.05, 3.63) is 68.4 Å². The van der Waals surface area contributed by atoms with Gasteiger partial charge in [0.25, 0.3) is 0 Å². The van der Waals surface area contributed by atoms with E-state index in [1.54, 1.807) is 6.07 Å². The van der Waals surface area contributed by atoms with Gasteiger partial charge in [-0.05, 0) is 48.2 Å². The van der Waals surface area contributed by atoms with Gasteiger partial charge >= 0.3 is 0 Å². The fourth-order valence-corrected chi connectivity index (χ4v) is 2.82. The van der Waals surface area contributed by atoms with Gasteiger partial charge in [0.15, 0.2) is 0 Å². The first-order valence-electron chi connectivity index (χ1n) is 6.23. The lowest BCUT2D eigenvalue weighted by atomic mass is 9.99. The van der Waals surface area contributed by atoms with Gasteiger partial charge < -0.3 is 0 Å². The zero-order chi connectivity index (χ0) is 14.5. The third kappa shape index (κ3) is 4.38. The second-order valence-corrected chi connectivity index (χ2v) is 6.40. The first-order chi connectivity index (χ1) is 9.58. The molecule has 0 saturated heterocycles. The molecule has 20 heavy (non-hydrogen) atoms. The Labute approximate surface area is 134 Å². The maximum atomic E-state index is 13.1. The molecule has 1 atom stereocenters. The Balaban J connectivity index is 2.07. The van der Waals surface area contributed by atoms with Crippen molar-refractivity contribution < 1.29 is 4.39 Å². The van der Waals surface area contributed by atoms with E-state index in [1.807, 2.05) is 12.1 Å². The molecule has 0 fully saturated rings. The van der Waals surface area contributed by atoms with Crippen LogP contribution in [0.3, 0.4) is 0 Å². The van der Waals surface area contributed by atoms with Crippen LogP contribution in [0.4, 0.5) is 4.39 Å². The van der Waals surface area contributed by atoms with Crippen molar-refractivity contribution in [2.45, 2.75) is 18.9 Å². The summed E-state index contributed by atoms with van der Waals surface area (Å²) in [5.41, 5.74) is 5.07. The summed E-state index contributed by atoms with van der Waals surface area (Å²) in [6.07, 6.45) is 1.54. The molecule has 3 N–H and O–H groups in total. The van der Waals surface area contributed by atoms with Crippen LogP contribution < -0.4 is 11.3 Å². The predicted octanol–water partition coefficient (Wildman–Crippen LogP) is 3.97. The van der Waals surface area contributed by atoms with Gasteiger partial charge in [-0.25, -0.2) is 4.39 Å². The fraction of sp³-hybridized carbons (Fsp3) is 0.200. The highest BCUT2D eigenvalue weighted by atomic mass is 79.9. The molecule has 0 heterocycles. The van der Waals surface area contributed by atoms with Crippen LogP contribution >= 0.6 is 31.9 Å². The molecule has 0 radical (unpaired) electrons. The zero-order valence-electron chi connectivity index (χ0n) is 10.7. The Bertz CT molecular complexity index is 573. The average molecular weight is 402 g/mol. The predicted molar refractivity (Wildman–Crippen MR) is 86.8 cm³/mol. The third-order valence-corrected chi connectivity index (χ3v) is 4.38. The van der Waals surface area contributed by atoms with E-state index in [2.05, 4.69) is 49.4 Å². The molecule has 0 saturated carbocycles. The van der Waals surface area contributed by atoms with Crippen LogP contribution in [-0.2, 0) is 12.8 Å². The summed E-state index contributed by atoms with van der Waals surface area (Å²) < 4.78 is 14.9. The van der Waals surface area contributed by atoms with Gasteiger partial charge in [0, 0.05) is 15.0 Å². The van der Waals surface area contributed by atoms with Crippen molar-refractivity contribution in [1.82, 2.24) is 5.43 Å². The van der Waals surface area contributed by atoms with Crippen molar-refractivity contribution in [3.8, 4) is 0 Å². The zero-order valence-corrected chi connectivity index (χ0v) is 13.9. The molecule has 0 bridgehead atoms. The molecule has 1 unspecified atom stereocenters. The summed E-state index contributed by atoms with van der Waals surface area (Å²) in [5.74, 6) is 5.39. The molecule has 0 aliphatic carbocycles. The first-order valence-corrected chi connectivity index (χ1v) is 7.81. The van der Waals surface area contributed by atoms with Gasteiger partial charge in [0.1, 0.15) is 5.82 Å². The van der Waals surface area contributed by atoms with Crippen molar-refractivity contribution >= 4 is 31.9 Å². The van der Waals surface area contributed by atoms with Crippen LogP contribution in [-0.4, -0.2) is 6.04 Å². The first kappa shape index (κ1) is 15.6. The van der Waals surface area contributed by atoms with Gasteiger partial charge in [0.05, 0.1) is 0 Å². The van der Waals surface area contributed by atoms with E-state index in [4.69, 9.17) is 5.84 Å². The molecule has 5 heteroatoms. The van der Waals surface area contributed by atoms with E-state index < -0.39 is 0 Å². The number of benzene rings is 2. The van der Waals surface area contributed by atoms with Crippen LogP contribution in [0.1, 0.15) is 11.1 Å². The highest BCUT2D eigenvalue weighted by Gasteiger charge is 2.11. The molecule has 2 nitrogen and oxygen atoms in total. The Morgan fingerprint density at radius 3 is 2.35 bits per heavy atom. The number of hydrazine groups is 1. The van der Waals surface area contributed by atoms with Crippen LogP contribution in [0.25, 0.3) is 0 Å². The molecule has 0 aromatic heterocycles. The van der Waals surface area contributed by atoms with E-state index >= 15 is 0 Å². The number of halogens is 3. The fourth-order valence-electron chi connectivity index (χ4n) is 2.05. The number of rotatable bonds is 5. The molecular weight excluding hydrogens is 387 g/mol. The summed E-state index contributed by atoms with van der Waals surface area (Å²) in [5, 5.41) is 0. The molecule has 0 spiro atoms. The quantitative estimate of drug-likeness (QED) is 0.587. The molecule has 0 aliphatic heterocycles. The minimum absolute atomic E-state index is 0.0953. The maximum absolute atomic E-state index is 13.1.